The van der Waals surface area contributed by atoms with Crippen LogP contribution in [-0.2, 0) is 4.74 Å². The first-order valence-corrected chi connectivity index (χ1v) is 6.72. The van der Waals surface area contributed by atoms with E-state index in [0.717, 1.165) is 0 Å². The highest BCUT2D eigenvalue weighted by atomic mass is 16.5. The van der Waals surface area contributed by atoms with Gasteiger partial charge in [-0.3, -0.25) is 4.57 Å². The lowest BCUT2D eigenvalue weighted by atomic mass is 10.2. The summed E-state index contributed by atoms with van der Waals surface area (Å²) in [6.07, 6.45) is 0.240. The van der Waals surface area contributed by atoms with Crippen molar-refractivity contribution in [2.45, 2.75) is 24.9 Å². The Bertz CT molecular complexity index is 645. The quantitative estimate of drug-likeness (QED) is 0.599. The molecule has 0 saturated carbocycles. The van der Waals surface area contributed by atoms with E-state index in [-0.39, 0.29) is 6.61 Å². The van der Waals surface area contributed by atoms with Crippen LogP contribution in [0.25, 0.3) is 11.2 Å². The maximum absolute atomic E-state index is 9.91. The van der Waals surface area contributed by atoms with E-state index in [1.54, 1.807) is 24.9 Å². The SMILES string of the molecule is CNc1ncc2nc(NC)n([C@H]3C[C@@H](O)[C@H](CO)O3)c2n1. The van der Waals surface area contributed by atoms with Gasteiger partial charge in [-0.2, -0.15) is 4.98 Å². The summed E-state index contributed by atoms with van der Waals surface area (Å²) in [4.78, 5) is 12.9. The first kappa shape index (κ1) is 14.0. The number of nitrogens with zero attached hydrogens (tertiary/aromatic N) is 4. The van der Waals surface area contributed by atoms with Crippen LogP contribution >= 0.6 is 0 Å². The second kappa shape index (κ2) is 5.43. The molecule has 0 amide bonds. The molecule has 9 heteroatoms. The Morgan fingerprint density at radius 3 is 2.81 bits per heavy atom. The molecule has 3 heterocycles. The number of anilines is 2. The van der Waals surface area contributed by atoms with Crippen LogP contribution in [0.3, 0.4) is 0 Å². The molecule has 1 aliphatic rings. The van der Waals surface area contributed by atoms with Gasteiger partial charge in [0.2, 0.25) is 11.9 Å². The minimum absolute atomic E-state index is 0.226. The summed E-state index contributed by atoms with van der Waals surface area (Å²) in [6.45, 7) is -0.226. The van der Waals surface area contributed by atoms with Gasteiger partial charge in [0.25, 0.3) is 0 Å². The molecule has 4 N–H and O–H groups in total. The molecule has 21 heavy (non-hydrogen) atoms. The normalized spacial score (nSPS) is 25.4. The Kier molecular flexibility index (Phi) is 3.62. The van der Waals surface area contributed by atoms with E-state index in [1.807, 2.05) is 0 Å². The van der Waals surface area contributed by atoms with Crippen LogP contribution in [0.2, 0.25) is 0 Å². The van der Waals surface area contributed by atoms with Gasteiger partial charge < -0.3 is 25.6 Å². The smallest absolute Gasteiger partial charge is 0.224 e. The van der Waals surface area contributed by atoms with E-state index in [2.05, 4.69) is 25.6 Å². The molecule has 0 radical (unpaired) electrons. The number of hydrogen-bond acceptors (Lipinski definition) is 8. The van der Waals surface area contributed by atoms with Crippen molar-refractivity contribution < 1.29 is 14.9 Å². The maximum atomic E-state index is 9.91. The Morgan fingerprint density at radius 1 is 1.38 bits per heavy atom. The van der Waals surface area contributed by atoms with Crippen LogP contribution in [0.4, 0.5) is 11.9 Å². The average molecular weight is 294 g/mol. The highest BCUT2D eigenvalue weighted by molar-refractivity contribution is 5.75. The molecule has 0 aliphatic carbocycles. The van der Waals surface area contributed by atoms with Gasteiger partial charge in [-0.15, -0.1) is 0 Å². The minimum Gasteiger partial charge on any atom is -0.394 e. The standard InChI is InChI=1S/C12H18N6O3/c1-13-11-15-4-6-10(17-11)18(12(14-2)16-6)9-3-7(20)8(5-19)21-9/h4,7-9,19-20H,3,5H2,1-2H3,(H,14,16)(H,13,15,17)/t7-,8+,9-/m1/s1. The molecular weight excluding hydrogens is 276 g/mol. The lowest BCUT2D eigenvalue weighted by Gasteiger charge is -2.16. The molecule has 0 aromatic carbocycles. The molecule has 1 saturated heterocycles. The Hall–Kier alpha value is -1.97. The number of nitrogens with one attached hydrogen (secondary N) is 2. The van der Waals surface area contributed by atoms with Crippen molar-refractivity contribution in [1.82, 2.24) is 19.5 Å². The van der Waals surface area contributed by atoms with Crippen molar-refractivity contribution in [3.63, 3.8) is 0 Å². The largest absolute Gasteiger partial charge is 0.394 e. The fourth-order valence-electron chi connectivity index (χ4n) is 2.50. The van der Waals surface area contributed by atoms with Crippen molar-refractivity contribution in [3.8, 4) is 0 Å². The molecule has 1 aliphatic heterocycles. The topological polar surface area (TPSA) is 117 Å². The zero-order valence-corrected chi connectivity index (χ0v) is 11.8. The zero-order chi connectivity index (χ0) is 15.0. The predicted molar refractivity (Wildman–Crippen MR) is 76.0 cm³/mol. The Balaban J connectivity index is 2.07. The van der Waals surface area contributed by atoms with Crippen molar-refractivity contribution >= 4 is 23.1 Å². The molecule has 9 nitrogen and oxygen atoms in total. The molecule has 2 aromatic rings. The van der Waals surface area contributed by atoms with Crippen LogP contribution in [0.5, 0.6) is 0 Å². The van der Waals surface area contributed by atoms with Gasteiger partial charge >= 0.3 is 0 Å². The highest BCUT2D eigenvalue weighted by Gasteiger charge is 2.36. The van der Waals surface area contributed by atoms with Gasteiger partial charge in [-0.1, -0.05) is 0 Å². The third kappa shape index (κ3) is 2.28. The van der Waals surface area contributed by atoms with Gasteiger partial charge in [-0.05, 0) is 0 Å². The summed E-state index contributed by atoms with van der Waals surface area (Å²) < 4.78 is 7.47. The van der Waals surface area contributed by atoms with Crippen molar-refractivity contribution in [1.29, 1.82) is 0 Å². The molecule has 0 bridgehead atoms. The summed E-state index contributed by atoms with van der Waals surface area (Å²) in [7, 11) is 3.48. The van der Waals surface area contributed by atoms with Crippen LogP contribution in [0.15, 0.2) is 6.20 Å². The van der Waals surface area contributed by atoms with E-state index in [9.17, 15) is 10.2 Å². The Morgan fingerprint density at radius 2 is 2.19 bits per heavy atom. The molecule has 0 spiro atoms. The lowest BCUT2D eigenvalue weighted by Crippen LogP contribution is -2.24. The summed E-state index contributed by atoms with van der Waals surface area (Å²) in [5, 5.41) is 25.0. The number of fused-ring (bicyclic) bond motifs is 1. The number of imidazole rings is 1. The Labute approximate surface area is 121 Å². The second-order valence-corrected chi connectivity index (χ2v) is 4.82. The van der Waals surface area contributed by atoms with Crippen LogP contribution in [0, 0.1) is 0 Å². The predicted octanol–water partition coefficient (Wildman–Crippen LogP) is -0.450. The molecule has 3 rings (SSSR count). The summed E-state index contributed by atoms with van der Waals surface area (Å²) in [5.41, 5.74) is 1.23. The number of aliphatic hydroxyl groups is 2. The van der Waals surface area contributed by atoms with E-state index in [1.165, 1.54) is 0 Å². The second-order valence-electron chi connectivity index (χ2n) is 4.82. The fourth-order valence-corrected chi connectivity index (χ4v) is 2.50. The van der Waals surface area contributed by atoms with Crippen LogP contribution < -0.4 is 10.6 Å². The van der Waals surface area contributed by atoms with E-state index >= 15 is 0 Å². The fraction of sp³-hybridized carbons (Fsp3) is 0.583. The van der Waals surface area contributed by atoms with E-state index in [4.69, 9.17) is 4.74 Å². The molecule has 114 valence electrons. The lowest BCUT2D eigenvalue weighted by molar-refractivity contribution is -0.0425. The van der Waals surface area contributed by atoms with Crippen LogP contribution in [-0.4, -0.2) is 62.6 Å². The molecule has 2 aromatic heterocycles. The van der Waals surface area contributed by atoms with E-state index < -0.39 is 18.4 Å². The molecule has 1 fully saturated rings. The maximum Gasteiger partial charge on any atom is 0.224 e. The molecule has 0 unspecified atom stereocenters. The molecular formula is C12H18N6O3. The number of aromatic nitrogens is 4. The first-order chi connectivity index (χ1) is 10.2. The summed E-state index contributed by atoms with van der Waals surface area (Å²) >= 11 is 0. The van der Waals surface area contributed by atoms with Crippen molar-refractivity contribution in [3.05, 3.63) is 6.20 Å². The van der Waals surface area contributed by atoms with Gasteiger partial charge in [0.1, 0.15) is 17.8 Å². The zero-order valence-electron chi connectivity index (χ0n) is 11.8. The number of hydrogen-bond donors (Lipinski definition) is 4. The third-order valence-electron chi connectivity index (χ3n) is 3.55. The van der Waals surface area contributed by atoms with Crippen LogP contribution in [0.1, 0.15) is 12.6 Å². The van der Waals surface area contributed by atoms with Gasteiger partial charge in [0.05, 0.1) is 18.9 Å². The van der Waals surface area contributed by atoms with E-state index in [0.29, 0.717) is 29.5 Å². The average Bonchev–Trinajstić information content (AvgIpc) is 3.05. The third-order valence-corrected chi connectivity index (χ3v) is 3.55. The van der Waals surface area contributed by atoms with Gasteiger partial charge in [0, 0.05) is 20.5 Å². The number of ether oxygens (including phenoxy) is 1. The van der Waals surface area contributed by atoms with Gasteiger partial charge in [-0.25, -0.2) is 9.97 Å². The highest BCUT2D eigenvalue weighted by Crippen LogP contribution is 2.33. The minimum atomic E-state index is -0.715. The van der Waals surface area contributed by atoms with Crippen molar-refractivity contribution in [2.24, 2.45) is 0 Å². The molecule has 3 atom stereocenters. The summed E-state index contributed by atoms with van der Waals surface area (Å²) in [6, 6.07) is 0. The van der Waals surface area contributed by atoms with Gasteiger partial charge in [0.15, 0.2) is 5.65 Å². The summed E-state index contributed by atoms with van der Waals surface area (Å²) in [5.74, 6) is 1.05. The van der Waals surface area contributed by atoms with Crippen molar-refractivity contribution in [2.75, 3.05) is 31.3 Å². The number of aliphatic hydroxyl groups excluding tert-OH is 2. The first-order valence-electron chi connectivity index (χ1n) is 6.72. The monoisotopic (exact) mass is 294 g/mol. The number of rotatable bonds is 4.